The molecule has 1 aromatic carbocycles. The third-order valence-electron chi connectivity index (χ3n) is 2.61. The second-order valence-corrected chi connectivity index (χ2v) is 3.68. The van der Waals surface area contributed by atoms with Gasteiger partial charge >= 0.3 is 5.76 Å². The maximum absolute atomic E-state index is 11.3. The number of nitrogen functional groups attached to an aromatic ring is 1. The number of oxazole rings is 2. The third-order valence-corrected chi connectivity index (χ3v) is 2.61. The number of nitrogens with zero attached hydrogens (tertiary/aromatic N) is 2. The molecule has 0 radical (unpaired) electrons. The van der Waals surface area contributed by atoms with Crippen LogP contribution in [-0.4, -0.2) is 9.55 Å². The van der Waals surface area contributed by atoms with Gasteiger partial charge in [0.25, 0.3) is 6.01 Å². The van der Waals surface area contributed by atoms with Crippen molar-refractivity contribution in [2.45, 2.75) is 0 Å². The molecule has 0 aliphatic rings. The average Bonchev–Trinajstić information content (AvgIpc) is 2.85. The van der Waals surface area contributed by atoms with Gasteiger partial charge in [-0.2, -0.15) is 4.98 Å². The molecule has 0 spiro atoms. The van der Waals surface area contributed by atoms with Crippen LogP contribution in [0.3, 0.4) is 0 Å². The summed E-state index contributed by atoms with van der Waals surface area (Å²) in [6, 6.07) is 5.43. The zero-order valence-electron chi connectivity index (χ0n) is 9.01. The normalized spacial score (nSPS) is 11.1. The Morgan fingerprint density at radius 2 is 2.24 bits per heavy atom. The van der Waals surface area contributed by atoms with Gasteiger partial charge < -0.3 is 14.6 Å². The first-order chi connectivity index (χ1) is 8.15. The van der Waals surface area contributed by atoms with Crippen molar-refractivity contribution in [3.8, 4) is 11.3 Å². The summed E-state index contributed by atoms with van der Waals surface area (Å²) in [6.07, 6.45) is 1.47. The summed E-state index contributed by atoms with van der Waals surface area (Å²) in [5.74, 6) is -0.392. The molecule has 0 saturated carbocycles. The molecule has 86 valence electrons. The molecule has 0 amide bonds. The molecule has 2 N–H and O–H groups in total. The van der Waals surface area contributed by atoms with Gasteiger partial charge in [0, 0.05) is 12.6 Å². The van der Waals surface area contributed by atoms with Crippen molar-refractivity contribution in [2.75, 3.05) is 5.73 Å². The molecule has 3 rings (SSSR count). The number of hydrogen-bond acceptors (Lipinski definition) is 5. The summed E-state index contributed by atoms with van der Waals surface area (Å²) in [7, 11) is 1.65. The Hall–Kier alpha value is -2.50. The van der Waals surface area contributed by atoms with Crippen molar-refractivity contribution in [1.82, 2.24) is 9.55 Å². The molecule has 0 bridgehead atoms. The van der Waals surface area contributed by atoms with E-state index >= 15 is 0 Å². The molecule has 0 atom stereocenters. The van der Waals surface area contributed by atoms with Crippen molar-refractivity contribution in [2.24, 2.45) is 7.05 Å². The van der Waals surface area contributed by atoms with Crippen molar-refractivity contribution in [1.29, 1.82) is 0 Å². The van der Waals surface area contributed by atoms with Crippen LogP contribution in [0.25, 0.3) is 22.4 Å². The lowest BCUT2D eigenvalue weighted by atomic mass is 10.1. The number of hydrogen-bond donors (Lipinski definition) is 1. The second kappa shape index (κ2) is 3.24. The minimum atomic E-state index is -0.392. The number of fused-ring (bicyclic) bond motifs is 1. The fourth-order valence-electron chi connectivity index (χ4n) is 1.71. The Bertz CT molecular complexity index is 751. The number of anilines is 1. The van der Waals surface area contributed by atoms with E-state index in [1.165, 1.54) is 10.8 Å². The van der Waals surface area contributed by atoms with E-state index in [4.69, 9.17) is 14.6 Å². The van der Waals surface area contributed by atoms with E-state index in [2.05, 4.69) is 4.98 Å². The van der Waals surface area contributed by atoms with Gasteiger partial charge in [-0.05, 0) is 18.2 Å². The van der Waals surface area contributed by atoms with Crippen LogP contribution >= 0.6 is 0 Å². The maximum Gasteiger partial charge on any atom is 0.419 e. The molecule has 0 unspecified atom stereocenters. The first kappa shape index (κ1) is 9.71. The summed E-state index contributed by atoms with van der Waals surface area (Å²) in [6.45, 7) is 0. The fraction of sp³-hybridized carbons (Fsp3) is 0.0909. The number of rotatable bonds is 1. The number of benzene rings is 1. The van der Waals surface area contributed by atoms with Gasteiger partial charge in [0.15, 0.2) is 5.58 Å². The first-order valence-corrected chi connectivity index (χ1v) is 4.96. The summed E-state index contributed by atoms with van der Waals surface area (Å²) < 4.78 is 11.4. The molecular formula is C11H9N3O3. The lowest BCUT2D eigenvalue weighted by Gasteiger charge is -1.96. The van der Waals surface area contributed by atoms with Crippen LogP contribution in [0.15, 0.2) is 38.1 Å². The highest BCUT2D eigenvalue weighted by Gasteiger charge is 2.09. The Balaban J connectivity index is 2.25. The molecule has 0 aliphatic carbocycles. The Labute approximate surface area is 95.3 Å². The number of aromatic nitrogens is 2. The molecule has 17 heavy (non-hydrogen) atoms. The minimum Gasteiger partial charge on any atom is -0.432 e. The van der Waals surface area contributed by atoms with Crippen LogP contribution < -0.4 is 11.5 Å². The molecule has 6 heteroatoms. The quantitative estimate of drug-likeness (QED) is 0.683. The summed E-state index contributed by atoms with van der Waals surface area (Å²) >= 11 is 0. The van der Waals surface area contributed by atoms with E-state index in [1.54, 1.807) is 25.2 Å². The van der Waals surface area contributed by atoms with Gasteiger partial charge in [-0.3, -0.25) is 4.57 Å². The van der Waals surface area contributed by atoms with E-state index in [1.807, 2.05) is 0 Å². The lowest BCUT2D eigenvalue weighted by Crippen LogP contribution is -2.08. The van der Waals surface area contributed by atoms with E-state index in [9.17, 15) is 4.79 Å². The maximum atomic E-state index is 11.3. The standard InChI is InChI=1S/C11H9N3O3/c1-14-8-4-6(7-5-16-10(12)13-7)2-3-9(8)17-11(14)15/h2-5H,1H3,(H2,12,13). The number of nitrogens with two attached hydrogens (primary N) is 1. The molecule has 0 aliphatic heterocycles. The number of aryl methyl sites for hydroxylation is 1. The van der Waals surface area contributed by atoms with Crippen LogP contribution in [0, 0.1) is 0 Å². The smallest absolute Gasteiger partial charge is 0.419 e. The van der Waals surface area contributed by atoms with Crippen LogP contribution in [0.5, 0.6) is 0 Å². The van der Waals surface area contributed by atoms with Crippen LogP contribution in [0.4, 0.5) is 6.01 Å². The van der Waals surface area contributed by atoms with Crippen LogP contribution in [0.2, 0.25) is 0 Å². The predicted octanol–water partition coefficient (Wildman–Crippen LogP) is 1.37. The summed E-state index contributed by atoms with van der Waals surface area (Å²) in [5, 5.41) is 0. The van der Waals surface area contributed by atoms with Crippen molar-refractivity contribution >= 4 is 17.1 Å². The highest BCUT2D eigenvalue weighted by atomic mass is 16.4. The Morgan fingerprint density at radius 3 is 2.94 bits per heavy atom. The largest absolute Gasteiger partial charge is 0.432 e. The van der Waals surface area contributed by atoms with E-state index < -0.39 is 5.76 Å². The predicted molar refractivity (Wildman–Crippen MR) is 61.4 cm³/mol. The van der Waals surface area contributed by atoms with E-state index in [-0.39, 0.29) is 6.01 Å². The van der Waals surface area contributed by atoms with Gasteiger partial charge in [0.1, 0.15) is 12.0 Å². The van der Waals surface area contributed by atoms with Gasteiger partial charge in [-0.25, -0.2) is 4.79 Å². The lowest BCUT2D eigenvalue weighted by molar-refractivity contribution is 0.528. The monoisotopic (exact) mass is 231 g/mol. The van der Waals surface area contributed by atoms with Crippen molar-refractivity contribution in [3.63, 3.8) is 0 Å². The molecule has 3 aromatic rings. The topological polar surface area (TPSA) is 87.2 Å². The van der Waals surface area contributed by atoms with E-state index in [0.29, 0.717) is 16.8 Å². The summed E-state index contributed by atoms with van der Waals surface area (Å²) in [4.78, 5) is 15.3. The van der Waals surface area contributed by atoms with Gasteiger partial charge in [0.05, 0.1) is 5.52 Å². The summed E-state index contributed by atoms with van der Waals surface area (Å²) in [5.41, 5.74) is 8.09. The van der Waals surface area contributed by atoms with Crippen LogP contribution in [-0.2, 0) is 7.05 Å². The molecule has 0 saturated heterocycles. The SMILES string of the molecule is Cn1c(=O)oc2ccc(-c3coc(N)n3)cc21. The molecule has 0 fully saturated rings. The highest BCUT2D eigenvalue weighted by Crippen LogP contribution is 2.23. The zero-order chi connectivity index (χ0) is 12.0. The molecule has 2 heterocycles. The average molecular weight is 231 g/mol. The second-order valence-electron chi connectivity index (χ2n) is 3.68. The Morgan fingerprint density at radius 1 is 1.41 bits per heavy atom. The fourth-order valence-corrected chi connectivity index (χ4v) is 1.71. The highest BCUT2D eigenvalue weighted by molar-refractivity contribution is 5.79. The molecular weight excluding hydrogens is 222 g/mol. The minimum absolute atomic E-state index is 0.112. The molecule has 6 nitrogen and oxygen atoms in total. The molecule has 2 aromatic heterocycles. The van der Waals surface area contributed by atoms with Crippen molar-refractivity contribution in [3.05, 3.63) is 35.0 Å². The van der Waals surface area contributed by atoms with Crippen molar-refractivity contribution < 1.29 is 8.83 Å². The first-order valence-electron chi connectivity index (χ1n) is 4.96. The van der Waals surface area contributed by atoms with E-state index in [0.717, 1.165) is 5.56 Å². The zero-order valence-corrected chi connectivity index (χ0v) is 9.01. The van der Waals surface area contributed by atoms with Gasteiger partial charge in [-0.1, -0.05) is 0 Å². The van der Waals surface area contributed by atoms with Gasteiger partial charge in [-0.15, -0.1) is 0 Å². The van der Waals surface area contributed by atoms with Gasteiger partial charge in [0.2, 0.25) is 0 Å². The third kappa shape index (κ3) is 1.42. The Kier molecular flexibility index (Phi) is 1.85. The van der Waals surface area contributed by atoms with Crippen LogP contribution in [0.1, 0.15) is 0 Å².